The van der Waals surface area contributed by atoms with E-state index in [2.05, 4.69) is 5.32 Å². The van der Waals surface area contributed by atoms with Crippen LogP contribution in [0.5, 0.6) is 5.75 Å². The molecule has 0 saturated carbocycles. The maximum Gasteiger partial charge on any atom is 0.419 e. The summed E-state index contributed by atoms with van der Waals surface area (Å²) >= 11 is 0. The van der Waals surface area contributed by atoms with E-state index in [0.29, 0.717) is 5.69 Å². The van der Waals surface area contributed by atoms with Gasteiger partial charge in [-0.15, -0.1) is 0 Å². The summed E-state index contributed by atoms with van der Waals surface area (Å²) in [5.74, 6) is -1.89. The number of ether oxygens (including phenoxy) is 2. The highest BCUT2D eigenvalue weighted by Crippen LogP contribution is 2.22. The summed E-state index contributed by atoms with van der Waals surface area (Å²) in [5.41, 5.74) is 0.543. The van der Waals surface area contributed by atoms with Crippen LogP contribution < -0.4 is 15.0 Å². The number of carbonyl (C=O) groups is 2. The van der Waals surface area contributed by atoms with E-state index in [4.69, 9.17) is 9.47 Å². The van der Waals surface area contributed by atoms with Crippen molar-refractivity contribution in [3.63, 3.8) is 0 Å². The number of carbonyl (C=O) groups excluding carboxylic acids is 2. The summed E-state index contributed by atoms with van der Waals surface area (Å²) in [6, 6.07) is 9.27. The van der Waals surface area contributed by atoms with Crippen LogP contribution in [0.15, 0.2) is 42.5 Å². The third-order valence-corrected chi connectivity index (χ3v) is 3.31. The van der Waals surface area contributed by atoms with Crippen LogP contribution in [0, 0.1) is 11.6 Å². The summed E-state index contributed by atoms with van der Waals surface area (Å²) < 4.78 is 36.5. The normalized spacial score (nSPS) is 10.2. The van der Waals surface area contributed by atoms with Crippen molar-refractivity contribution in [3.05, 3.63) is 54.1 Å². The van der Waals surface area contributed by atoms with Gasteiger partial charge in [0.2, 0.25) is 0 Å². The molecule has 0 aliphatic carbocycles. The molecule has 0 aromatic heterocycles. The molecule has 8 heteroatoms. The molecule has 0 fully saturated rings. The van der Waals surface area contributed by atoms with E-state index in [-0.39, 0.29) is 24.6 Å². The lowest BCUT2D eigenvalue weighted by atomic mass is 10.2. The molecule has 0 aliphatic rings. The molecule has 2 aromatic carbocycles. The van der Waals surface area contributed by atoms with E-state index >= 15 is 0 Å². The first-order valence-electron chi connectivity index (χ1n) is 7.92. The van der Waals surface area contributed by atoms with Crippen molar-refractivity contribution in [1.82, 2.24) is 0 Å². The molecule has 1 N–H and O–H groups in total. The Balaban J connectivity index is 2.12. The predicted molar refractivity (Wildman–Crippen MR) is 92.5 cm³/mol. The van der Waals surface area contributed by atoms with E-state index in [1.54, 1.807) is 26.0 Å². The number of nitrogens with one attached hydrogen (secondary N) is 1. The monoisotopic (exact) mass is 364 g/mol. The topological polar surface area (TPSA) is 67.9 Å². The Hall–Kier alpha value is -3.16. The molecule has 138 valence electrons. The fourth-order valence-corrected chi connectivity index (χ4v) is 2.15. The highest BCUT2D eigenvalue weighted by atomic mass is 19.2. The Morgan fingerprint density at radius 1 is 1.08 bits per heavy atom. The molecular formula is C18H18F2N2O4. The maximum absolute atomic E-state index is 13.4. The molecule has 0 radical (unpaired) electrons. The van der Waals surface area contributed by atoms with Gasteiger partial charge in [-0.05, 0) is 38.1 Å². The first kappa shape index (κ1) is 19.2. The molecule has 2 aromatic rings. The second kappa shape index (κ2) is 8.80. The van der Waals surface area contributed by atoms with E-state index < -0.39 is 23.8 Å². The van der Waals surface area contributed by atoms with E-state index in [9.17, 15) is 18.4 Å². The van der Waals surface area contributed by atoms with Gasteiger partial charge in [-0.3, -0.25) is 10.2 Å². The lowest BCUT2D eigenvalue weighted by Gasteiger charge is -2.20. The number of hydrogen-bond acceptors (Lipinski definition) is 4. The van der Waals surface area contributed by atoms with Crippen LogP contribution in [-0.4, -0.2) is 25.3 Å². The summed E-state index contributed by atoms with van der Waals surface area (Å²) in [7, 11) is 0. The van der Waals surface area contributed by atoms with Crippen LogP contribution in [0.4, 0.5) is 29.7 Å². The summed E-state index contributed by atoms with van der Waals surface area (Å²) in [6.45, 7) is 3.75. The molecule has 0 spiro atoms. The van der Waals surface area contributed by atoms with Gasteiger partial charge in [-0.2, -0.15) is 0 Å². The zero-order valence-corrected chi connectivity index (χ0v) is 14.3. The number of halogens is 2. The number of nitrogens with zero attached hydrogens (tertiary/aromatic N) is 1. The van der Waals surface area contributed by atoms with Crippen molar-refractivity contribution in [2.75, 3.05) is 23.4 Å². The van der Waals surface area contributed by atoms with Gasteiger partial charge < -0.3 is 9.47 Å². The van der Waals surface area contributed by atoms with Gasteiger partial charge >= 0.3 is 12.2 Å². The first-order valence-corrected chi connectivity index (χ1v) is 7.92. The lowest BCUT2D eigenvalue weighted by molar-refractivity contribution is 0.168. The number of benzene rings is 2. The zero-order chi connectivity index (χ0) is 19.1. The summed E-state index contributed by atoms with van der Waals surface area (Å²) in [6.07, 6.45) is -1.40. The second-order valence-corrected chi connectivity index (χ2v) is 5.08. The van der Waals surface area contributed by atoms with Crippen molar-refractivity contribution >= 4 is 23.6 Å². The molecule has 0 heterocycles. The van der Waals surface area contributed by atoms with Gasteiger partial charge in [0.15, 0.2) is 11.6 Å². The molecule has 6 nitrogen and oxygen atoms in total. The maximum atomic E-state index is 13.4. The Morgan fingerprint density at radius 2 is 1.85 bits per heavy atom. The standard InChI is InChI=1S/C18H18F2N2O4/c1-3-22(13-8-9-15(19)16(20)11-13)18(24)26-14-7-5-6-12(10-14)21-17(23)25-4-2/h5-11H,3-4H2,1-2H3,(H,21,23). The number of amides is 2. The van der Waals surface area contributed by atoms with Crippen molar-refractivity contribution in [3.8, 4) is 5.75 Å². The second-order valence-electron chi connectivity index (χ2n) is 5.08. The van der Waals surface area contributed by atoms with Crippen LogP contribution in [0.3, 0.4) is 0 Å². The predicted octanol–water partition coefficient (Wildman–Crippen LogP) is 4.56. The number of hydrogen-bond donors (Lipinski definition) is 1. The number of rotatable bonds is 5. The highest BCUT2D eigenvalue weighted by Gasteiger charge is 2.18. The zero-order valence-electron chi connectivity index (χ0n) is 14.3. The average molecular weight is 364 g/mol. The quantitative estimate of drug-likeness (QED) is 0.845. The fraction of sp³-hybridized carbons (Fsp3) is 0.222. The Morgan fingerprint density at radius 3 is 2.50 bits per heavy atom. The van der Waals surface area contributed by atoms with Crippen LogP contribution in [0.25, 0.3) is 0 Å². The summed E-state index contributed by atoms with van der Waals surface area (Å²) in [4.78, 5) is 24.9. The third kappa shape index (κ3) is 4.92. The van der Waals surface area contributed by atoms with Crippen LogP contribution in [0.1, 0.15) is 13.8 Å². The largest absolute Gasteiger partial charge is 0.450 e. The van der Waals surface area contributed by atoms with Crippen molar-refractivity contribution in [2.24, 2.45) is 0 Å². The van der Waals surface area contributed by atoms with Gasteiger partial charge in [-0.25, -0.2) is 18.4 Å². The van der Waals surface area contributed by atoms with Crippen LogP contribution in [0.2, 0.25) is 0 Å². The first-order chi connectivity index (χ1) is 12.4. The van der Waals surface area contributed by atoms with E-state index in [1.807, 2.05) is 0 Å². The SMILES string of the molecule is CCOC(=O)Nc1cccc(OC(=O)N(CC)c2ccc(F)c(F)c2)c1. The lowest BCUT2D eigenvalue weighted by Crippen LogP contribution is -2.33. The van der Waals surface area contributed by atoms with Crippen molar-refractivity contribution < 1.29 is 27.8 Å². The minimum atomic E-state index is -1.06. The molecule has 0 saturated heterocycles. The molecule has 2 amide bonds. The Labute approximate surface area is 149 Å². The molecule has 0 unspecified atom stereocenters. The van der Waals surface area contributed by atoms with Gasteiger partial charge in [0, 0.05) is 24.4 Å². The smallest absolute Gasteiger partial charge is 0.419 e. The van der Waals surface area contributed by atoms with Crippen molar-refractivity contribution in [1.29, 1.82) is 0 Å². The highest BCUT2D eigenvalue weighted by molar-refractivity contribution is 5.89. The van der Waals surface area contributed by atoms with Gasteiger partial charge in [-0.1, -0.05) is 6.07 Å². The summed E-state index contributed by atoms with van der Waals surface area (Å²) in [5, 5.41) is 2.49. The molecule has 26 heavy (non-hydrogen) atoms. The van der Waals surface area contributed by atoms with Gasteiger partial charge in [0.25, 0.3) is 0 Å². The fourth-order valence-electron chi connectivity index (χ4n) is 2.15. The third-order valence-electron chi connectivity index (χ3n) is 3.31. The Kier molecular flexibility index (Phi) is 6.48. The molecular weight excluding hydrogens is 346 g/mol. The molecule has 0 aliphatic heterocycles. The molecule has 0 atom stereocenters. The van der Waals surface area contributed by atoms with Crippen LogP contribution in [-0.2, 0) is 4.74 Å². The van der Waals surface area contributed by atoms with Gasteiger partial charge in [0.05, 0.1) is 12.3 Å². The Bertz CT molecular complexity index is 799. The minimum absolute atomic E-state index is 0.164. The average Bonchev–Trinajstić information content (AvgIpc) is 2.59. The molecule has 2 rings (SSSR count). The number of anilines is 2. The van der Waals surface area contributed by atoms with E-state index in [1.165, 1.54) is 18.2 Å². The van der Waals surface area contributed by atoms with E-state index in [0.717, 1.165) is 17.0 Å². The van der Waals surface area contributed by atoms with Crippen molar-refractivity contribution in [2.45, 2.75) is 13.8 Å². The van der Waals surface area contributed by atoms with Crippen LogP contribution >= 0.6 is 0 Å². The van der Waals surface area contributed by atoms with Gasteiger partial charge in [0.1, 0.15) is 5.75 Å². The minimum Gasteiger partial charge on any atom is -0.450 e. The molecule has 0 bridgehead atoms.